The summed E-state index contributed by atoms with van der Waals surface area (Å²) >= 11 is 1.29. The summed E-state index contributed by atoms with van der Waals surface area (Å²) in [5.74, 6) is 0. The van der Waals surface area contributed by atoms with Gasteiger partial charge in [0.1, 0.15) is 10.9 Å². The van der Waals surface area contributed by atoms with Gasteiger partial charge in [-0.15, -0.1) is 0 Å². The number of thiazole rings is 1. The Labute approximate surface area is 103 Å². The Bertz CT molecular complexity index is 555. The molecule has 0 unspecified atom stereocenters. The van der Waals surface area contributed by atoms with Crippen molar-refractivity contribution in [2.24, 2.45) is 0 Å². The summed E-state index contributed by atoms with van der Waals surface area (Å²) in [6, 6.07) is 0. The topological polar surface area (TPSA) is 65.7 Å². The highest BCUT2D eigenvalue weighted by atomic mass is 32.1. The van der Waals surface area contributed by atoms with Crippen LogP contribution in [0.2, 0.25) is 0 Å². The molecule has 0 amide bonds. The molecule has 0 aromatic carbocycles. The molecule has 0 atom stereocenters. The number of nitrogens with zero attached hydrogens (tertiary/aromatic N) is 3. The molecule has 2 rings (SSSR count). The highest BCUT2D eigenvalue weighted by molar-refractivity contribution is 7.69. The van der Waals surface area contributed by atoms with E-state index in [0.717, 1.165) is 5.69 Å². The lowest BCUT2D eigenvalue weighted by atomic mass is 10.6. The van der Waals surface area contributed by atoms with E-state index in [1.54, 1.807) is 18.4 Å². The maximum Gasteiger partial charge on any atom is 0.373 e. The molecule has 94 valence electrons. The molecule has 2 heterocycles. The second kappa shape index (κ2) is 4.86. The average Bonchev–Trinajstić information content (AvgIpc) is 2.83. The largest absolute Gasteiger partial charge is 0.373 e. The fourth-order valence-corrected chi connectivity index (χ4v) is 4.80. The summed E-state index contributed by atoms with van der Waals surface area (Å²) in [5.41, 5.74) is 0.757. The minimum absolute atomic E-state index is 0.338. The monoisotopic (exact) mass is 275 g/mol. The Morgan fingerprint density at radius 1 is 1.41 bits per heavy atom. The summed E-state index contributed by atoms with van der Waals surface area (Å²) < 4.78 is 25.4. The van der Waals surface area contributed by atoms with E-state index in [0.29, 0.717) is 22.8 Å². The van der Waals surface area contributed by atoms with E-state index in [2.05, 4.69) is 10.1 Å². The van der Waals surface area contributed by atoms with Gasteiger partial charge in [0.15, 0.2) is 0 Å². The lowest BCUT2D eigenvalue weighted by Gasteiger charge is -2.15. The van der Waals surface area contributed by atoms with E-state index < -0.39 is 7.60 Å². The van der Waals surface area contributed by atoms with Crippen LogP contribution in [-0.4, -0.2) is 27.8 Å². The second-order valence-electron chi connectivity index (χ2n) is 3.28. The first-order chi connectivity index (χ1) is 8.12. The molecule has 0 N–H and O–H groups in total. The Balaban J connectivity index is 2.51. The summed E-state index contributed by atoms with van der Waals surface area (Å²) in [6.07, 6.45) is 1.47. The Morgan fingerprint density at radius 3 is 2.59 bits per heavy atom. The van der Waals surface area contributed by atoms with Gasteiger partial charge in [0.05, 0.1) is 18.9 Å². The molecule has 0 bridgehead atoms. The van der Waals surface area contributed by atoms with Crippen LogP contribution in [0.3, 0.4) is 0 Å². The molecule has 0 aliphatic heterocycles. The van der Waals surface area contributed by atoms with E-state index in [-0.39, 0.29) is 0 Å². The Hall–Kier alpha value is -0.750. The Kier molecular flexibility index (Phi) is 3.63. The zero-order chi connectivity index (χ0) is 12.5. The number of aromatic nitrogens is 3. The van der Waals surface area contributed by atoms with Gasteiger partial charge in [-0.3, -0.25) is 4.57 Å². The summed E-state index contributed by atoms with van der Waals surface area (Å²) in [4.78, 5) is 4.76. The van der Waals surface area contributed by atoms with Gasteiger partial charge in [-0.05, 0) is 20.8 Å². The highest BCUT2D eigenvalue weighted by Gasteiger charge is 2.32. The molecular formula is C9H14N3O3PS. The van der Waals surface area contributed by atoms with E-state index in [9.17, 15) is 4.57 Å². The molecule has 6 nitrogen and oxygen atoms in total. The molecule has 0 saturated heterocycles. The fraction of sp³-hybridized carbons (Fsp3) is 0.556. The predicted molar refractivity (Wildman–Crippen MR) is 66.1 cm³/mol. The van der Waals surface area contributed by atoms with Crippen molar-refractivity contribution in [3.8, 4) is 0 Å². The third kappa shape index (κ3) is 2.15. The number of hydrogen-bond donors (Lipinski definition) is 0. The summed E-state index contributed by atoms with van der Waals surface area (Å²) in [7, 11) is -3.23. The minimum atomic E-state index is -3.23. The molecule has 2 aromatic heterocycles. The van der Waals surface area contributed by atoms with Gasteiger partial charge in [0, 0.05) is 0 Å². The molecule has 0 radical (unpaired) electrons. The van der Waals surface area contributed by atoms with Crippen molar-refractivity contribution in [3.63, 3.8) is 0 Å². The van der Waals surface area contributed by atoms with Crippen LogP contribution < -0.4 is 4.62 Å². The van der Waals surface area contributed by atoms with Crippen LogP contribution in [0.5, 0.6) is 0 Å². The van der Waals surface area contributed by atoms with Crippen LogP contribution in [0.15, 0.2) is 6.33 Å². The second-order valence-corrected chi connectivity index (χ2v) is 6.52. The molecular weight excluding hydrogens is 261 g/mol. The van der Waals surface area contributed by atoms with E-state index in [1.165, 1.54) is 17.7 Å². The third-order valence-electron chi connectivity index (χ3n) is 2.18. The zero-order valence-corrected chi connectivity index (χ0v) is 11.6. The molecule has 8 heteroatoms. The average molecular weight is 275 g/mol. The maximum absolute atomic E-state index is 12.6. The number of rotatable bonds is 5. The quantitative estimate of drug-likeness (QED) is 0.781. The van der Waals surface area contributed by atoms with Gasteiger partial charge >= 0.3 is 7.60 Å². The predicted octanol–water partition coefficient (Wildman–Crippen LogP) is 1.99. The SMILES string of the molecule is CCOP(=O)(OCC)c1sc2ncnn2c1C. The molecule has 0 fully saturated rings. The third-order valence-corrected chi connectivity index (χ3v) is 6.09. The summed E-state index contributed by atoms with van der Waals surface area (Å²) in [5, 5.41) is 4.06. The first-order valence-corrected chi connectivity index (χ1v) is 7.67. The maximum atomic E-state index is 12.6. The van der Waals surface area contributed by atoms with Crippen molar-refractivity contribution < 1.29 is 13.6 Å². The van der Waals surface area contributed by atoms with Crippen LogP contribution in [0.25, 0.3) is 4.96 Å². The van der Waals surface area contributed by atoms with Crippen molar-refractivity contribution in [1.29, 1.82) is 0 Å². The van der Waals surface area contributed by atoms with Gasteiger partial charge in [0.2, 0.25) is 4.96 Å². The molecule has 0 aliphatic rings. The van der Waals surface area contributed by atoms with Gasteiger partial charge < -0.3 is 9.05 Å². The van der Waals surface area contributed by atoms with Crippen LogP contribution in [0.1, 0.15) is 19.5 Å². The smallest absolute Gasteiger partial charge is 0.305 e. The van der Waals surface area contributed by atoms with Crippen LogP contribution in [0.4, 0.5) is 0 Å². The minimum Gasteiger partial charge on any atom is -0.305 e. The van der Waals surface area contributed by atoms with E-state index >= 15 is 0 Å². The van der Waals surface area contributed by atoms with E-state index in [4.69, 9.17) is 9.05 Å². The number of aryl methyl sites for hydroxylation is 1. The van der Waals surface area contributed by atoms with Crippen LogP contribution >= 0.6 is 18.9 Å². The van der Waals surface area contributed by atoms with Crippen molar-refractivity contribution in [2.75, 3.05) is 13.2 Å². The number of fused-ring (bicyclic) bond motifs is 1. The van der Waals surface area contributed by atoms with E-state index in [1.807, 2.05) is 6.92 Å². The lowest BCUT2D eigenvalue weighted by Crippen LogP contribution is -2.11. The van der Waals surface area contributed by atoms with Crippen molar-refractivity contribution >= 4 is 28.5 Å². The molecule has 0 spiro atoms. The highest BCUT2D eigenvalue weighted by Crippen LogP contribution is 2.49. The lowest BCUT2D eigenvalue weighted by molar-refractivity contribution is 0.230. The Morgan fingerprint density at radius 2 is 2.06 bits per heavy atom. The van der Waals surface area contributed by atoms with Crippen LogP contribution in [0, 0.1) is 6.92 Å². The first-order valence-electron chi connectivity index (χ1n) is 5.31. The van der Waals surface area contributed by atoms with Gasteiger partial charge in [-0.2, -0.15) is 5.10 Å². The normalized spacial score (nSPS) is 12.4. The zero-order valence-electron chi connectivity index (χ0n) is 9.91. The van der Waals surface area contributed by atoms with Crippen LogP contribution in [-0.2, 0) is 13.6 Å². The number of hydrogen-bond acceptors (Lipinski definition) is 6. The molecule has 2 aromatic rings. The summed E-state index contributed by atoms with van der Waals surface area (Å²) in [6.45, 7) is 6.09. The standard InChI is InChI=1S/C9H14N3O3PS/c1-4-14-16(13,15-5-2)8-7(3)12-9(17-8)10-6-11-12/h6H,4-5H2,1-3H3. The van der Waals surface area contributed by atoms with Gasteiger partial charge in [0.25, 0.3) is 0 Å². The first kappa shape index (κ1) is 12.7. The van der Waals surface area contributed by atoms with Crippen molar-refractivity contribution in [1.82, 2.24) is 14.6 Å². The van der Waals surface area contributed by atoms with Gasteiger partial charge in [-0.25, -0.2) is 9.50 Å². The van der Waals surface area contributed by atoms with Crippen molar-refractivity contribution in [2.45, 2.75) is 20.8 Å². The molecule has 0 aliphatic carbocycles. The van der Waals surface area contributed by atoms with Gasteiger partial charge in [-0.1, -0.05) is 11.3 Å². The van der Waals surface area contributed by atoms with Crippen molar-refractivity contribution in [3.05, 3.63) is 12.0 Å². The molecule has 0 saturated carbocycles. The molecule has 17 heavy (non-hydrogen) atoms. The fourth-order valence-electron chi connectivity index (χ4n) is 1.53.